The standard InChI is InChI=1S/C21H24Cl2N2O3/c1-4-24-21(27)15(3)25(12-16-17(22)9-7-10-18(16)23)20(26)13-28-19-11-6-5-8-14(19)2/h5-11,15H,4,12-13H2,1-3H3,(H,24,27)/t15-/m1/s1. The van der Waals surface area contributed by atoms with Crippen LogP contribution in [0.15, 0.2) is 42.5 Å². The van der Waals surface area contributed by atoms with Crippen LogP contribution in [0.2, 0.25) is 10.0 Å². The van der Waals surface area contributed by atoms with Crippen molar-refractivity contribution < 1.29 is 14.3 Å². The largest absolute Gasteiger partial charge is 0.484 e. The van der Waals surface area contributed by atoms with Crippen molar-refractivity contribution in [3.05, 3.63) is 63.6 Å². The van der Waals surface area contributed by atoms with E-state index in [2.05, 4.69) is 5.32 Å². The molecule has 2 aromatic carbocycles. The van der Waals surface area contributed by atoms with Crippen molar-refractivity contribution in [2.75, 3.05) is 13.2 Å². The van der Waals surface area contributed by atoms with Gasteiger partial charge in [0.1, 0.15) is 11.8 Å². The summed E-state index contributed by atoms with van der Waals surface area (Å²) in [5, 5.41) is 3.62. The van der Waals surface area contributed by atoms with Crippen molar-refractivity contribution in [3.8, 4) is 5.75 Å². The van der Waals surface area contributed by atoms with Crippen molar-refractivity contribution >= 4 is 35.0 Å². The number of aryl methyl sites for hydroxylation is 1. The van der Waals surface area contributed by atoms with Crippen molar-refractivity contribution in [1.82, 2.24) is 10.2 Å². The van der Waals surface area contributed by atoms with Crippen LogP contribution in [-0.4, -0.2) is 35.9 Å². The second kappa shape index (κ2) is 10.3. The average Bonchev–Trinajstić information content (AvgIpc) is 2.66. The Hall–Kier alpha value is -2.24. The zero-order valence-corrected chi connectivity index (χ0v) is 17.7. The van der Waals surface area contributed by atoms with Gasteiger partial charge >= 0.3 is 0 Å². The van der Waals surface area contributed by atoms with Crippen LogP contribution in [0.25, 0.3) is 0 Å². The predicted molar refractivity (Wildman–Crippen MR) is 112 cm³/mol. The van der Waals surface area contributed by atoms with E-state index in [1.54, 1.807) is 31.2 Å². The lowest BCUT2D eigenvalue weighted by atomic mass is 10.1. The molecule has 0 unspecified atom stereocenters. The monoisotopic (exact) mass is 422 g/mol. The molecule has 28 heavy (non-hydrogen) atoms. The Labute approximate surface area is 175 Å². The van der Waals surface area contributed by atoms with E-state index >= 15 is 0 Å². The normalized spacial score (nSPS) is 11.6. The van der Waals surface area contributed by atoms with Gasteiger partial charge in [0.25, 0.3) is 5.91 Å². The van der Waals surface area contributed by atoms with Crippen LogP contribution >= 0.6 is 23.2 Å². The van der Waals surface area contributed by atoms with Gasteiger partial charge in [-0.15, -0.1) is 0 Å². The molecule has 0 bridgehead atoms. The smallest absolute Gasteiger partial charge is 0.261 e. The molecule has 150 valence electrons. The Kier molecular flexibility index (Phi) is 8.15. The van der Waals surface area contributed by atoms with Gasteiger partial charge in [-0.25, -0.2) is 0 Å². The minimum Gasteiger partial charge on any atom is -0.484 e. The maximum Gasteiger partial charge on any atom is 0.261 e. The number of rotatable bonds is 8. The zero-order valence-electron chi connectivity index (χ0n) is 16.2. The van der Waals surface area contributed by atoms with Crippen LogP contribution < -0.4 is 10.1 Å². The highest BCUT2D eigenvalue weighted by atomic mass is 35.5. The summed E-state index contributed by atoms with van der Waals surface area (Å²) < 4.78 is 5.68. The number of nitrogens with zero attached hydrogens (tertiary/aromatic N) is 1. The van der Waals surface area contributed by atoms with E-state index in [1.807, 2.05) is 32.0 Å². The number of hydrogen-bond acceptors (Lipinski definition) is 3. The van der Waals surface area contributed by atoms with Gasteiger partial charge in [0.05, 0.1) is 0 Å². The maximum absolute atomic E-state index is 12.9. The molecule has 0 aliphatic rings. The molecule has 5 nitrogen and oxygen atoms in total. The van der Waals surface area contributed by atoms with E-state index in [9.17, 15) is 9.59 Å². The van der Waals surface area contributed by atoms with Crippen LogP contribution in [0.3, 0.4) is 0 Å². The fourth-order valence-electron chi connectivity index (χ4n) is 2.70. The van der Waals surface area contributed by atoms with Gasteiger partial charge in [0, 0.05) is 28.7 Å². The summed E-state index contributed by atoms with van der Waals surface area (Å²) >= 11 is 12.5. The first-order valence-electron chi connectivity index (χ1n) is 9.03. The number of ether oxygens (including phenoxy) is 1. The van der Waals surface area contributed by atoms with E-state index in [1.165, 1.54) is 4.90 Å². The van der Waals surface area contributed by atoms with Crippen LogP contribution in [0.1, 0.15) is 25.0 Å². The Morgan fingerprint density at radius 2 is 1.75 bits per heavy atom. The molecular formula is C21H24Cl2N2O3. The van der Waals surface area contributed by atoms with E-state index in [0.29, 0.717) is 27.9 Å². The van der Waals surface area contributed by atoms with Gasteiger partial charge < -0.3 is 15.0 Å². The lowest BCUT2D eigenvalue weighted by molar-refractivity contribution is -0.142. The van der Waals surface area contributed by atoms with Crippen molar-refractivity contribution in [2.45, 2.75) is 33.4 Å². The molecule has 2 amide bonds. The SMILES string of the molecule is CCNC(=O)[C@@H](C)N(Cc1c(Cl)cccc1Cl)C(=O)COc1ccccc1C. The first-order chi connectivity index (χ1) is 13.3. The number of para-hydroxylation sites is 1. The molecule has 0 saturated carbocycles. The molecule has 0 heterocycles. The van der Waals surface area contributed by atoms with Gasteiger partial charge in [-0.2, -0.15) is 0 Å². The first kappa shape index (κ1) is 22.1. The predicted octanol–water partition coefficient (Wildman–Crippen LogP) is 4.23. The number of benzene rings is 2. The molecule has 7 heteroatoms. The summed E-state index contributed by atoms with van der Waals surface area (Å²) in [5.74, 6) is 0.0325. The highest BCUT2D eigenvalue weighted by Crippen LogP contribution is 2.26. The molecular weight excluding hydrogens is 399 g/mol. The van der Waals surface area contributed by atoms with Crippen LogP contribution in [0.4, 0.5) is 0 Å². The average molecular weight is 423 g/mol. The number of carbonyl (C=O) groups is 2. The summed E-state index contributed by atoms with van der Waals surface area (Å²) in [5.41, 5.74) is 1.51. The Morgan fingerprint density at radius 1 is 1.11 bits per heavy atom. The minimum absolute atomic E-state index is 0.104. The fraction of sp³-hybridized carbons (Fsp3) is 0.333. The van der Waals surface area contributed by atoms with Crippen LogP contribution in [0.5, 0.6) is 5.75 Å². The van der Waals surface area contributed by atoms with Crippen LogP contribution in [-0.2, 0) is 16.1 Å². The molecule has 0 spiro atoms. The summed E-state index contributed by atoms with van der Waals surface area (Å²) in [4.78, 5) is 26.7. The van der Waals surface area contributed by atoms with Gasteiger partial charge in [-0.3, -0.25) is 9.59 Å². The third-order valence-electron chi connectivity index (χ3n) is 4.35. The lowest BCUT2D eigenvalue weighted by Gasteiger charge is -2.29. The number of carbonyl (C=O) groups excluding carboxylic acids is 2. The summed E-state index contributed by atoms with van der Waals surface area (Å²) in [6.07, 6.45) is 0. The first-order valence-corrected chi connectivity index (χ1v) is 9.79. The number of halogens is 2. The van der Waals surface area contributed by atoms with E-state index in [0.717, 1.165) is 5.56 Å². The van der Waals surface area contributed by atoms with Gasteiger partial charge in [-0.05, 0) is 44.5 Å². The quantitative estimate of drug-likeness (QED) is 0.691. The number of likely N-dealkylation sites (N-methyl/N-ethyl adjacent to an activating group) is 1. The number of nitrogens with one attached hydrogen (secondary N) is 1. The van der Waals surface area contributed by atoms with Crippen molar-refractivity contribution in [1.29, 1.82) is 0 Å². The Balaban J connectivity index is 2.23. The molecule has 1 atom stereocenters. The summed E-state index contributed by atoms with van der Waals surface area (Å²) in [6.45, 7) is 5.77. The molecule has 2 aromatic rings. The van der Waals surface area contributed by atoms with Crippen molar-refractivity contribution in [3.63, 3.8) is 0 Å². The molecule has 0 aliphatic carbocycles. The second-order valence-electron chi connectivity index (χ2n) is 6.35. The summed E-state index contributed by atoms with van der Waals surface area (Å²) in [6, 6.07) is 11.9. The fourth-order valence-corrected chi connectivity index (χ4v) is 3.22. The molecule has 0 fully saturated rings. The van der Waals surface area contributed by atoms with E-state index in [-0.39, 0.29) is 25.0 Å². The maximum atomic E-state index is 12.9. The Bertz CT molecular complexity index is 822. The molecule has 0 radical (unpaired) electrons. The molecule has 2 rings (SSSR count). The zero-order chi connectivity index (χ0) is 20.7. The second-order valence-corrected chi connectivity index (χ2v) is 7.16. The van der Waals surface area contributed by atoms with Gasteiger partial charge in [0.2, 0.25) is 5.91 Å². The topological polar surface area (TPSA) is 58.6 Å². The third kappa shape index (κ3) is 5.63. The van der Waals surface area contributed by atoms with Crippen LogP contribution in [0, 0.1) is 6.92 Å². The molecule has 0 saturated heterocycles. The third-order valence-corrected chi connectivity index (χ3v) is 5.06. The van der Waals surface area contributed by atoms with E-state index in [4.69, 9.17) is 27.9 Å². The molecule has 0 aliphatic heterocycles. The Morgan fingerprint density at radius 3 is 2.36 bits per heavy atom. The highest BCUT2D eigenvalue weighted by molar-refractivity contribution is 6.36. The minimum atomic E-state index is -0.708. The van der Waals surface area contributed by atoms with Crippen molar-refractivity contribution in [2.24, 2.45) is 0 Å². The molecule has 0 aromatic heterocycles. The van der Waals surface area contributed by atoms with Gasteiger partial charge in [-0.1, -0.05) is 47.5 Å². The number of hydrogen-bond donors (Lipinski definition) is 1. The molecule has 1 N–H and O–H groups in total. The number of amides is 2. The lowest BCUT2D eigenvalue weighted by Crippen LogP contribution is -2.49. The summed E-state index contributed by atoms with van der Waals surface area (Å²) in [7, 11) is 0. The highest BCUT2D eigenvalue weighted by Gasteiger charge is 2.27. The van der Waals surface area contributed by atoms with Gasteiger partial charge in [0.15, 0.2) is 6.61 Å². The van der Waals surface area contributed by atoms with E-state index < -0.39 is 6.04 Å².